The molecule has 5 rings (SSSR count). The van der Waals surface area contributed by atoms with Crippen molar-refractivity contribution in [2.24, 2.45) is 0 Å². The number of fused-ring (bicyclic) bond motifs is 3. The third kappa shape index (κ3) is 3.04. The Hall–Kier alpha value is -1.93. The highest BCUT2D eigenvalue weighted by Gasteiger charge is 2.61. The molecule has 27 heavy (non-hydrogen) atoms. The summed E-state index contributed by atoms with van der Waals surface area (Å²) in [7, 11) is 0. The predicted molar refractivity (Wildman–Crippen MR) is 110 cm³/mol. The van der Waals surface area contributed by atoms with Gasteiger partial charge < -0.3 is 10.5 Å². The number of carbonyl (C=O) groups excluding carboxylic acids is 1. The van der Waals surface area contributed by atoms with Crippen LogP contribution in [0.3, 0.4) is 0 Å². The Morgan fingerprint density at radius 1 is 1.15 bits per heavy atom. The number of carbonyl (C=O) groups is 1. The first-order valence-corrected chi connectivity index (χ1v) is 8.96. The van der Waals surface area contributed by atoms with E-state index < -0.39 is 5.60 Å². The SMILES string of the molecule is Cl.Cl.Nc1ccc(C#CC2=C[C@@H]3C[C@@]4(OC(=O)C=C24)[C@H]2CCCCN32)cc1. The molecule has 3 aliphatic heterocycles. The van der Waals surface area contributed by atoms with Crippen molar-refractivity contribution in [1.29, 1.82) is 0 Å². The number of anilines is 1. The summed E-state index contributed by atoms with van der Waals surface area (Å²) in [4.78, 5) is 14.6. The standard InChI is InChI=1S/C21H20N2O2.2ClH/c22-16-8-5-14(6-9-16)4-7-15-11-17-13-21(18(15)12-20(24)25-21)19-3-1-2-10-23(17)19;;/h5-6,8-9,11-12,17,19H,1-3,10,13,22H2;2*1H/t17-,19-,21+;;/m1../s1. The number of halogens is 2. The van der Waals surface area contributed by atoms with Gasteiger partial charge in [0, 0.05) is 40.9 Å². The number of piperidine rings is 1. The summed E-state index contributed by atoms with van der Waals surface area (Å²) in [5.41, 5.74) is 8.86. The summed E-state index contributed by atoms with van der Waals surface area (Å²) in [6.45, 7) is 1.08. The number of nitrogens with zero attached hydrogens (tertiary/aromatic N) is 1. The molecular weight excluding hydrogens is 383 g/mol. The summed E-state index contributed by atoms with van der Waals surface area (Å²) in [6.07, 6.45) is 8.29. The molecule has 6 heteroatoms. The summed E-state index contributed by atoms with van der Waals surface area (Å²) >= 11 is 0. The third-order valence-corrected chi connectivity index (χ3v) is 5.92. The maximum atomic E-state index is 12.1. The van der Waals surface area contributed by atoms with Gasteiger partial charge in [-0.3, -0.25) is 4.90 Å². The van der Waals surface area contributed by atoms with Gasteiger partial charge in [0.25, 0.3) is 0 Å². The predicted octanol–water partition coefficient (Wildman–Crippen LogP) is 3.25. The first kappa shape index (κ1) is 19.8. The van der Waals surface area contributed by atoms with Crippen molar-refractivity contribution >= 4 is 36.5 Å². The quantitative estimate of drug-likeness (QED) is 0.409. The second-order valence-corrected chi connectivity index (χ2v) is 7.34. The maximum absolute atomic E-state index is 12.1. The number of benzene rings is 1. The highest BCUT2D eigenvalue weighted by Crippen LogP contribution is 2.53. The Morgan fingerprint density at radius 2 is 1.93 bits per heavy atom. The second-order valence-electron chi connectivity index (χ2n) is 7.34. The molecule has 0 saturated carbocycles. The zero-order valence-electron chi connectivity index (χ0n) is 14.8. The van der Waals surface area contributed by atoms with Gasteiger partial charge in [-0.2, -0.15) is 0 Å². The lowest BCUT2D eigenvalue weighted by molar-refractivity contribution is -0.148. The van der Waals surface area contributed by atoms with Crippen LogP contribution in [0.1, 0.15) is 31.2 Å². The van der Waals surface area contributed by atoms with Crippen LogP contribution >= 0.6 is 24.8 Å². The summed E-state index contributed by atoms with van der Waals surface area (Å²) in [5.74, 6) is 6.29. The molecule has 0 aromatic heterocycles. The molecule has 2 N–H and O–H groups in total. The molecular formula is C21H22Cl2N2O2. The Balaban J connectivity index is 0.00000105. The van der Waals surface area contributed by atoms with E-state index in [-0.39, 0.29) is 30.8 Å². The number of rotatable bonds is 0. The summed E-state index contributed by atoms with van der Waals surface area (Å²) < 4.78 is 5.91. The number of nitrogen functional groups attached to an aromatic ring is 1. The normalized spacial score (nSPS) is 30.3. The summed E-state index contributed by atoms with van der Waals surface area (Å²) in [5, 5.41) is 0. The Labute approximate surface area is 171 Å². The second kappa shape index (κ2) is 7.24. The van der Waals surface area contributed by atoms with Gasteiger partial charge in [-0.15, -0.1) is 24.8 Å². The molecule has 1 aliphatic carbocycles. The molecule has 3 heterocycles. The number of nitrogens with two attached hydrogens (primary N) is 1. The van der Waals surface area contributed by atoms with Gasteiger partial charge in [0.2, 0.25) is 0 Å². The highest BCUT2D eigenvalue weighted by molar-refractivity contribution is 5.90. The molecule has 2 saturated heterocycles. The van der Waals surface area contributed by atoms with Crippen molar-refractivity contribution < 1.29 is 9.53 Å². The van der Waals surface area contributed by atoms with Gasteiger partial charge >= 0.3 is 5.97 Å². The van der Waals surface area contributed by atoms with E-state index in [2.05, 4.69) is 22.8 Å². The zero-order chi connectivity index (χ0) is 17.0. The molecule has 142 valence electrons. The molecule has 3 atom stereocenters. The van der Waals surface area contributed by atoms with E-state index in [4.69, 9.17) is 10.5 Å². The van der Waals surface area contributed by atoms with Crippen LogP contribution < -0.4 is 5.73 Å². The van der Waals surface area contributed by atoms with Gasteiger partial charge in [0.05, 0.1) is 6.04 Å². The first-order chi connectivity index (χ1) is 12.2. The van der Waals surface area contributed by atoms with E-state index >= 15 is 0 Å². The van der Waals surface area contributed by atoms with Crippen LogP contribution in [0.25, 0.3) is 0 Å². The molecule has 2 fully saturated rings. The van der Waals surface area contributed by atoms with Crippen molar-refractivity contribution in [2.45, 2.75) is 43.4 Å². The van der Waals surface area contributed by atoms with E-state index in [0.29, 0.717) is 12.1 Å². The van der Waals surface area contributed by atoms with Gasteiger partial charge in [0.15, 0.2) is 5.60 Å². The molecule has 2 bridgehead atoms. The van der Waals surface area contributed by atoms with Crippen LogP contribution in [0.15, 0.2) is 47.6 Å². The lowest BCUT2D eigenvalue weighted by Gasteiger charge is -2.38. The van der Waals surface area contributed by atoms with Gasteiger partial charge in [-0.1, -0.05) is 24.3 Å². The molecule has 4 nitrogen and oxygen atoms in total. The van der Waals surface area contributed by atoms with Gasteiger partial charge in [-0.25, -0.2) is 4.79 Å². The van der Waals surface area contributed by atoms with E-state index in [1.807, 2.05) is 24.3 Å². The lowest BCUT2D eigenvalue weighted by Crippen LogP contribution is -2.48. The van der Waals surface area contributed by atoms with Crippen molar-refractivity contribution in [1.82, 2.24) is 4.90 Å². The van der Waals surface area contributed by atoms with Crippen molar-refractivity contribution in [3.63, 3.8) is 0 Å². The monoisotopic (exact) mass is 404 g/mol. The third-order valence-electron chi connectivity index (χ3n) is 5.92. The molecule has 0 radical (unpaired) electrons. The minimum atomic E-state index is -0.470. The van der Waals surface area contributed by atoms with Crippen LogP contribution in [0.4, 0.5) is 5.69 Å². The molecule has 1 aromatic rings. The minimum Gasteiger partial charge on any atom is -0.449 e. The number of hydrogen-bond donors (Lipinski definition) is 1. The van der Waals surface area contributed by atoms with E-state index in [1.165, 1.54) is 12.8 Å². The number of esters is 1. The van der Waals surface area contributed by atoms with Crippen LogP contribution in [-0.2, 0) is 9.53 Å². The Kier molecular flexibility index (Phi) is 5.31. The van der Waals surface area contributed by atoms with Crippen LogP contribution in [-0.4, -0.2) is 35.1 Å². The molecule has 0 unspecified atom stereocenters. The highest BCUT2D eigenvalue weighted by atomic mass is 35.5. The van der Waals surface area contributed by atoms with Crippen LogP contribution in [0.5, 0.6) is 0 Å². The largest absolute Gasteiger partial charge is 0.449 e. The average molecular weight is 405 g/mol. The topological polar surface area (TPSA) is 55.6 Å². The fraction of sp³-hybridized carbons (Fsp3) is 0.381. The lowest BCUT2D eigenvalue weighted by atomic mass is 9.77. The van der Waals surface area contributed by atoms with E-state index in [9.17, 15) is 4.79 Å². The number of hydrogen-bond acceptors (Lipinski definition) is 4. The molecule has 4 aliphatic rings. The van der Waals surface area contributed by atoms with Crippen molar-refractivity contribution in [3.8, 4) is 11.8 Å². The fourth-order valence-corrected chi connectivity index (χ4v) is 4.88. The first-order valence-electron chi connectivity index (χ1n) is 8.96. The van der Waals surface area contributed by atoms with Gasteiger partial charge in [0.1, 0.15) is 0 Å². The Morgan fingerprint density at radius 3 is 2.70 bits per heavy atom. The average Bonchev–Trinajstić information content (AvgIpc) is 3.10. The zero-order valence-corrected chi connectivity index (χ0v) is 16.4. The maximum Gasteiger partial charge on any atom is 0.332 e. The number of ether oxygens (including phenoxy) is 1. The summed E-state index contributed by atoms with van der Waals surface area (Å²) in [6, 6.07) is 8.17. The molecule has 1 spiro atoms. The molecule has 0 amide bonds. The smallest absolute Gasteiger partial charge is 0.332 e. The van der Waals surface area contributed by atoms with E-state index in [0.717, 1.165) is 41.8 Å². The van der Waals surface area contributed by atoms with Gasteiger partial charge in [-0.05, 0) is 43.7 Å². The van der Waals surface area contributed by atoms with Crippen molar-refractivity contribution in [3.05, 3.63) is 53.1 Å². The van der Waals surface area contributed by atoms with E-state index in [1.54, 1.807) is 6.08 Å². The fourth-order valence-electron chi connectivity index (χ4n) is 4.88. The van der Waals surface area contributed by atoms with Crippen molar-refractivity contribution in [2.75, 3.05) is 12.3 Å². The van der Waals surface area contributed by atoms with Crippen LogP contribution in [0, 0.1) is 11.8 Å². The Bertz CT molecular complexity index is 882. The minimum absolute atomic E-state index is 0. The van der Waals surface area contributed by atoms with Crippen LogP contribution in [0.2, 0.25) is 0 Å². The molecule has 1 aromatic carbocycles.